The van der Waals surface area contributed by atoms with Crippen LogP contribution in [-0.4, -0.2) is 10.5 Å². The van der Waals surface area contributed by atoms with E-state index in [0.29, 0.717) is 5.56 Å². The molecule has 1 saturated carbocycles. The fraction of sp³-hybridized carbons (Fsp3) is 0.400. The first-order valence-corrected chi connectivity index (χ1v) is 4.36. The second-order valence-corrected chi connectivity index (χ2v) is 3.72. The van der Waals surface area contributed by atoms with Crippen molar-refractivity contribution in [3.05, 3.63) is 24.0 Å². The molecular formula is C10H11N3. The summed E-state index contributed by atoms with van der Waals surface area (Å²) in [4.78, 5) is 3.99. The van der Waals surface area contributed by atoms with Crippen molar-refractivity contribution >= 4 is 5.69 Å². The molecule has 1 heterocycles. The zero-order chi connectivity index (χ0) is 9.31. The number of pyridine rings is 1. The minimum absolute atomic E-state index is 0.203. The molecule has 0 spiro atoms. The first-order chi connectivity index (χ1) is 6.23. The Bertz CT molecular complexity index is 361. The van der Waals surface area contributed by atoms with Crippen LogP contribution < -0.4 is 5.32 Å². The summed E-state index contributed by atoms with van der Waals surface area (Å²) in [7, 11) is 0. The third kappa shape index (κ3) is 1.62. The molecule has 0 aliphatic heterocycles. The summed E-state index contributed by atoms with van der Waals surface area (Å²) in [6, 6.07) is 3.87. The average molecular weight is 173 g/mol. The monoisotopic (exact) mass is 173 g/mol. The number of nitriles is 1. The molecule has 3 nitrogen and oxygen atoms in total. The Morgan fingerprint density at radius 3 is 3.00 bits per heavy atom. The van der Waals surface area contributed by atoms with Gasteiger partial charge in [-0.3, -0.25) is 4.98 Å². The van der Waals surface area contributed by atoms with Crippen molar-refractivity contribution in [3.8, 4) is 6.07 Å². The van der Waals surface area contributed by atoms with Crippen molar-refractivity contribution in [1.82, 2.24) is 4.98 Å². The molecule has 1 aromatic rings. The molecule has 13 heavy (non-hydrogen) atoms. The maximum atomic E-state index is 8.82. The lowest BCUT2D eigenvalue weighted by molar-refractivity contribution is 0.827. The molecule has 1 aromatic heterocycles. The number of aromatic nitrogens is 1. The molecule has 1 aliphatic carbocycles. The van der Waals surface area contributed by atoms with Gasteiger partial charge >= 0.3 is 0 Å². The third-order valence-corrected chi connectivity index (χ3v) is 2.38. The Labute approximate surface area is 77.4 Å². The summed E-state index contributed by atoms with van der Waals surface area (Å²) < 4.78 is 0. The fourth-order valence-corrected chi connectivity index (χ4v) is 1.23. The van der Waals surface area contributed by atoms with E-state index in [2.05, 4.69) is 23.3 Å². The molecule has 0 amide bonds. The van der Waals surface area contributed by atoms with Crippen LogP contribution in [0.25, 0.3) is 0 Å². The summed E-state index contributed by atoms with van der Waals surface area (Å²) in [5, 5.41) is 12.1. The van der Waals surface area contributed by atoms with Crippen molar-refractivity contribution in [1.29, 1.82) is 5.26 Å². The Balaban J connectivity index is 2.25. The van der Waals surface area contributed by atoms with Crippen molar-refractivity contribution in [3.63, 3.8) is 0 Å². The molecular weight excluding hydrogens is 162 g/mol. The number of hydrogen-bond donors (Lipinski definition) is 1. The number of rotatable bonds is 2. The second-order valence-electron chi connectivity index (χ2n) is 3.72. The van der Waals surface area contributed by atoms with E-state index in [1.54, 1.807) is 18.5 Å². The fourth-order valence-electron chi connectivity index (χ4n) is 1.23. The van der Waals surface area contributed by atoms with Crippen LogP contribution in [0.1, 0.15) is 25.3 Å². The summed E-state index contributed by atoms with van der Waals surface area (Å²) in [6.45, 7) is 2.15. The molecule has 0 aromatic carbocycles. The van der Waals surface area contributed by atoms with Gasteiger partial charge in [0.25, 0.3) is 0 Å². The van der Waals surface area contributed by atoms with E-state index in [0.717, 1.165) is 5.69 Å². The number of anilines is 1. The first-order valence-electron chi connectivity index (χ1n) is 4.36. The van der Waals surface area contributed by atoms with Crippen LogP contribution in [0.3, 0.4) is 0 Å². The second kappa shape index (κ2) is 2.74. The molecule has 0 atom stereocenters. The maximum Gasteiger partial charge on any atom is 0.101 e. The molecule has 0 saturated heterocycles. The summed E-state index contributed by atoms with van der Waals surface area (Å²) >= 11 is 0. The van der Waals surface area contributed by atoms with Crippen LogP contribution in [0, 0.1) is 11.3 Å². The van der Waals surface area contributed by atoms with Crippen molar-refractivity contribution in [2.45, 2.75) is 25.3 Å². The van der Waals surface area contributed by atoms with E-state index >= 15 is 0 Å². The number of nitrogens with zero attached hydrogens (tertiary/aromatic N) is 2. The maximum absolute atomic E-state index is 8.82. The lowest BCUT2D eigenvalue weighted by Crippen LogP contribution is -2.16. The minimum Gasteiger partial charge on any atom is -0.378 e. The van der Waals surface area contributed by atoms with E-state index in [9.17, 15) is 0 Å². The highest BCUT2D eigenvalue weighted by Crippen LogP contribution is 2.38. The Kier molecular flexibility index (Phi) is 1.70. The zero-order valence-electron chi connectivity index (χ0n) is 7.54. The highest BCUT2D eigenvalue weighted by atomic mass is 15.0. The van der Waals surface area contributed by atoms with Gasteiger partial charge in [0.1, 0.15) is 6.07 Å². The standard InChI is InChI=1S/C10H11N3/c1-10(3-4-10)13-9-7-12-5-2-8(9)6-11/h2,5,7,13H,3-4H2,1H3. The molecule has 3 heteroatoms. The normalized spacial score (nSPS) is 17.5. The van der Waals surface area contributed by atoms with Crippen LogP contribution >= 0.6 is 0 Å². The SMILES string of the molecule is CC1(Nc2cnccc2C#N)CC1. The molecule has 0 unspecified atom stereocenters. The molecule has 66 valence electrons. The van der Waals surface area contributed by atoms with Crippen molar-refractivity contribution in [2.24, 2.45) is 0 Å². The Hall–Kier alpha value is -1.56. The van der Waals surface area contributed by atoms with Gasteiger partial charge in [-0.15, -0.1) is 0 Å². The molecule has 0 bridgehead atoms. The van der Waals surface area contributed by atoms with E-state index < -0.39 is 0 Å². The number of hydrogen-bond acceptors (Lipinski definition) is 3. The van der Waals surface area contributed by atoms with E-state index in [1.807, 2.05) is 0 Å². The quantitative estimate of drug-likeness (QED) is 0.743. The Morgan fingerprint density at radius 1 is 1.62 bits per heavy atom. The lowest BCUT2D eigenvalue weighted by atomic mass is 10.2. The van der Waals surface area contributed by atoms with Gasteiger partial charge in [0.15, 0.2) is 0 Å². The Morgan fingerprint density at radius 2 is 2.38 bits per heavy atom. The topological polar surface area (TPSA) is 48.7 Å². The molecule has 0 radical (unpaired) electrons. The van der Waals surface area contributed by atoms with Crippen LogP contribution in [0.15, 0.2) is 18.5 Å². The first kappa shape index (κ1) is 8.06. The van der Waals surface area contributed by atoms with Crippen molar-refractivity contribution < 1.29 is 0 Å². The zero-order valence-corrected chi connectivity index (χ0v) is 7.54. The van der Waals surface area contributed by atoms with Gasteiger partial charge in [-0.05, 0) is 25.8 Å². The number of nitrogens with one attached hydrogen (secondary N) is 1. The van der Waals surface area contributed by atoms with Gasteiger partial charge < -0.3 is 5.32 Å². The predicted molar refractivity (Wildman–Crippen MR) is 50.2 cm³/mol. The van der Waals surface area contributed by atoms with Crippen LogP contribution in [0.2, 0.25) is 0 Å². The van der Waals surface area contributed by atoms with Crippen molar-refractivity contribution in [2.75, 3.05) is 5.32 Å². The largest absolute Gasteiger partial charge is 0.378 e. The van der Waals surface area contributed by atoms with E-state index in [4.69, 9.17) is 5.26 Å². The third-order valence-electron chi connectivity index (χ3n) is 2.38. The predicted octanol–water partition coefficient (Wildman–Crippen LogP) is 1.92. The molecule has 2 rings (SSSR count). The van der Waals surface area contributed by atoms with Crippen LogP contribution in [-0.2, 0) is 0 Å². The highest BCUT2D eigenvalue weighted by molar-refractivity contribution is 5.57. The van der Waals surface area contributed by atoms with Gasteiger partial charge in [-0.25, -0.2) is 0 Å². The van der Waals surface area contributed by atoms with E-state index in [1.165, 1.54) is 12.8 Å². The average Bonchev–Trinajstić information content (AvgIpc) is 2.84. The van der Waals surface area contributed by atoms with Gasteiger partial charge in [0.2, 0.25) is 0 Å². The molecule has 1 fully saturated rings. The van der Waals surface area contributed by atoms with Gasteiger partial charge in [0, 0.05) is 11.7 Å². The summed E-state index contributed by atoms with van der Waals surface area (Å²) in [5.41, 5.74) is 1.72. The smallest absolute Gasteiger partial charge is 0.101 e. The van der Waals surface area contributed by atoms with Crippen LogP contribution in [0.4, 0.5) is 5.69 Å². The van der Waals surface area contributed by atoms with Gasteiger partial charge in [-0.1, -0.05) is 0 Å². The highest BCUT2D eigenvalue weighted by Gasteiger charge is 2.37. The van der Waals surface area contributed by atoms with Gasteiger partial charge in [0.05, 0.1) is 17.4 Å². The van der Waals surface area contributed by atoms with E-state index in [-0.39, 0.29) is 5.54 Å². The summed E-state index contributed by atoms with van der Waals surface area (Å²) in [5.74, 6) is 0. The lowest BCUT2D eigenvalue weighted by Gasteiger charge is -2.13. The minimum atomic E-state index is 0.203. The summed E-state index contributed by atoms with van der Waals surface area (Å²) in [6.07, 6.45) is 5.70. The molecule has 1 aliphatic rings. The van der Waals surface area contributed by atoms with Gasteiger partial charge in [-0.2, -0.15) is 5.26 Å². The van der Waals surface area contributed by atoms with Crippen LogP contribution in [0.5, 0.6) is 0 Å². The molecule has 1 N–H and O–H groups in total.